The van der Waals surface area contributed by atoms with Gasteiger partial charge in [-0.2, -0.15) is 13.9 Å². The van der Waals surface area contributed by atoms with E-state index in [4.69, 9.17) is 4.74 Å². The molecule has 0 radical (unpaired) electrons. The molecule has 146 valence electrons. The van der Waals surface area contributed by atoms with Gasteiger partial charge in [0.1, 0.15) is 0 Å². The molecular weight excluding hydrogens is 346 g/mol. The maximum absolute atomic E-state index is 12.5. The van der Waals surface area contributed by atoms with E-state index >= 15 is 0 Å². The van der Waals surface area contributed by atoms with E-state index < -0.39 is 6.61 Å². The van der Waals surface area contributed by atoms with Crippen LogP contribution < -0.4 is 10.1 Å². The van der Waals surface area contributed by atoms with E-state index in [1.54, 1.807) is 0 Å². The minimum absolute atomic E-state index is 0.0607. The van der Waals surface area contributed by atoms with Crippen LogP contribution in [0.1, 0.15) is 42.6 Å². The Morgan fingerprint density at radius 1 is 1.35 bits per heavy atom. The maximum atomic E-state index is 12.5. The zero-order chi connectivity index (χ0) is 18.6. The molecule has 1 aliphatic carbocycles. The Labute approximate surface area is 151 Å². The summed E-state index contributed by atoms with van der Waals surface area (Å²) in [7, 11) is 1.46. The van der Waals surface area contributed by atoms with Crippen molar-refractivity contribution < 1.29 is 23.0 Å². The van der Waals surface area contributed by atoms with Crippen molar-refractivity contribution in [2.75, 3.05) is 32.8 Å². The van der Waals surface area contributed by atoms with Crippen LogP contribution in [0, 0.1) is 0 Å². The summed E-state index contributed by atoms with van der Waals surface area (Å²) < 4.78 is 35.7. The van der Waals surface area contributed by atoms with Gasteiger partial charge in [-0.1, -0.05) is 19.3 Å². The van der Waals surface area contributed by atoms with Crippen LogP contribution in [-0.4, -0.2) is 65.6 Å². The number of nitrogens with zero attached hydrogens (tertiary/aromatic N) is 3. The number of carbonyl (C=O) groups is 1. The number of amides is 1. The summed E-state index contributed by atoms with van der Waals surface area (Å²) in [4.78, 5) is 14.9. The topological polar surface area (TPSA) is 68.6 Å². The zero-order valence-electron chi connectivity index (χ0n) is 15.0. The van der Waals surface area contributed by atoms with Crippen LogP contribution in [-0.2, 0) is 11.8 Å². The number of carbonyl (C=O) groups excluding carboxylic acids is 1. The molecular formula is C17H26F2N4O3. The number of hydrogen-bond donors (Lipinski definition) is 1. The van der Waals surface area contributed by atoms with Crippen molar-refractivity contribution in [2.24, 2.45) is 7.05 Å². The quantitative estimate of drug-likeness (QED) is 0.825. The lowest BCUT2D eigenvalue weighted by Gasteiger charge is -2.48. The van der Waals surface area contributed by atoms with Crippen LogP contribution in [0.2, 0.25) is 0 Å². The van der Waals surface area contributed by atoms with Crippen LogP contribution in [0.5, 0.6) is 5.88 Å². The average Bonchev–Trinajstić information content (AvgIpc) is 3.01. The lowest BCUT2D eigenvalue weighted by atomic mass is 9.79. The predicted molar refractivity (Wildman–Crippen MR) is 90.4 cm³/mol. The molecule has 9 heteroatoms. The number of halogens is 2. The molecule has 1 aromatic heterocycles. The first-order valence-electron chi connectivity index (χ1n) is 9.10. The van der Waals surface area contributed by atoms with E-state index in [1.807, 2.05) is 0 Å². The molecule has 3 rings (SSSR count). The van der Waals surface area contributed by atoms with Gasteiger partial charge in [-0.05, 0) is 12.8 Å². The number of morpholine rings is 1. The standard InChI is InChI=1S/C17H26F2N4O3/c1-22-14(26-16(18)19)11-13(21-22)15(24)20-12-17(5-3-2-4-6-17)23-7-9-25-10-8-23/h11,16H,2-10,12H2,1H3,(H,20,24). The highest BCUT2D eigenvalue weighted by Gasteiger charge is 2.39. The van der Waals surface area contributed by atoms with Gasteiger partial charge in [-0.3, -0.25) is 9.69 Å². The van der Waals surface area contributed by atoms with E-state index in [-0.39, 0.29) is 23.0 Å². The molecule has 1 aliphatic heterocycles. The monoisotopic (exact) mass is 372 g/mol. The van der Waals surface area contributed by atoms with E-state index in [0.29, 0.717) is 19.8 Å². The second kappa shape index (κ2) is 8.30. The van der Waals surface area contributed by atoms with Gasteiger partial charge < -0.3 is 14.8 Å². The van der Waals surface area contributed by atoms with E-state index in [2.05, 4.69) is 20.1 Å². The minimum atomic E-state index is -2.95. The fourth-order valence-corrected chi connectivity index (χ4v) is 3.95. The highest BCUT2D eigenvalue weighted by atomic mass is 19.3. The number of aryl methyl sites for hydroxylation is 1. The van der Waals surface area contributed by atoms with E-state index in [9.17, 15) is 13.6 Å². The molecule has 2 heterocycles. The van der Waals surface area contributed by atoms with Crippen LogP contribution in [0.4, 0.5) is 8.78 Å². The summed E-state index contributed by atoms with van der Waals surface area (Å²) >= 11 is 0. The Kier molecular flexibility index (Phi) is 6.08. The van der Waals surface area contributed by atoms with Crippen molar-refractivity contribution in [3.63, 3.8) is 0 Å². The molecule has 1 saturated heterocycles. The number of nitrogens with one attached hydrogen (secondary N) is 1. The summed E-state index contributed by atoms with van der Waals surface area (Å²) in [5.74, 6) is -0.506. The highest BCUT2D eigenvalue weighted by Crippen LogP contribution is 2.34. The average molecular weight is 372 g/mol. The molecule has 0 bridgehead atoms. The lowest BCUT2D eigenvalue weighted by molar-refractivity contribution is -0.0553. The Morgan fingerprint density at radius 3 is 2.69 bits per heavy atom. The summed E-state index contributed by atoms with van der Waals surface area (Å²) in [5, 5.41) is 6.94. The molecule has 2 fully saturated rings. The number of ether oxygens (including phenoxy) is 2. The summed E-state index contributed by atoms with van der Waals surface area (Å²) in [6, 6.07) is 1.24. The van der Waals surface area contributed by atoms with Gasteiger partial charge in [0, 0.05) is 38.3 Å². The maximum Gasteiger partial charge on any atom is 0.388 e. The van der Waals surface area contributed by atoms with Crippen molar-refractivity contribution >= 4 is 5.91 Å². The molecule has 1 N–H and O–H groups in total. The second-order valence-corrected chi connectivity index (χ2v) is 6.94. The molecule has 1 aromatic rings. The first kappa shape index (κ1) is 19.0. The molecule has 0 unspecified atom stereocenters. The summed E-state index contributed by atoms with van der Waals surface area (Å²) in [6.07, 6.45) is 5.57. The van der Waals surface area contributed by atoms with Crippen LogP contribution in [0.25, 0.3) is 0 Å². The second-order valence-electron chi connectivity index (χ2n) is 6.94. The normalized spacial score (nSPS) is 20.9. The Balaban J connectivity index is 1.65. The fourth-order valence-electron chi connectivity index (χ4n) is 3.95. The highest BCUT2D eigenvalue weighted by molar-refractivity contribution is 5.92. The molecule has 7 nitrogen and oxygen atoms in total. The smallest absolute Gasteiger partial charge is 0.388 e. The van der Waals surface area contributed by atoms with Gasteiger partial charge in [0.2, 0.25) is 5.88 Å². The van der Waals surface area contributed by atoms with Crippen molar-refractivity contribution in [2.45, 2.75) is 44.3 Å². The van der Waals surface area contributed by atoms with Crippen molar-refractivity contribution in [3.8, 4) is 5.88 Å². The molecule has 0 aromatic carbocycles. The van der Waals surface area contributed by atoms with Gasteiger partial charge in [0.25, 0.3) is 5.91 Å². The van der Waals surface area contributed by atoms with Crippen molar-refractivity contribution in [1.29, 1.82) is 0 Å². The number of rotatable bonds is 6. The van der Waals surface area contributed by atoms with Gasteiger partial charge in [0.15, 0.2) is 5.69 Å². The van der Waals surface area contributed by atoms with E-state index in [1.165, 1.54) is 19.5 Å². The Hall–Kier alpha value is -1.74. The van der Waals surface area contributed by atoms with Gasteiger partial charge in [-0.25, -0.2) is 4.68 Å². The molecule has 1 amide bonds. The van der Waals surface area contributed by atoms with E-state index in [0.717, 1.165) is 43.5 Å². The third kappa shape index (κ3) is 4.32. The zero-order valence-corrected chi connectivity index (χ0v) is 15.0. The SMILES string of the molecule is Cn1nc(C(=O)NCC2(N3CCOCC3)CCCCC2)cc1OC(F)F. The van der Waals surface area contributed by atoms with Gasteiger partial charge >= 0.3 is 6.61 Å². The third-order valence-corrected chi connectivity index (χ3v) is 5.32. The first-order valence-corrected chi connectivity index (χ1v) is 9.10. The van der Waals surface area contributed by atoms with Gasteiger partial charge in [0.05, 0.1) is 13.2 Å². The number of hydrogen-bond acceptors (Lipinski definition) is 5. The molecule has 26 heavy (non-hydrogen) atoms. The summed E-state index contributed by atoms with van der Waals surface area (Å²) in [5.41, 5.74) is 0.0190. The fraction of sp³-hybridized carbons (Fsp3) is 0.765. The molecule has 2 aliphatic rings. The predicted octanol–water partition coefficient (Wildman–Crippen LogP) is 1.79. The van der Waals surface area contributed by atoms with Crippen LogP contribution in [0.15, 0.2) is 6.07 Å². The van der Waals surface area contributed by atoms with Gasteiger partial charge in [-0.15, -0.1) is 0 Å². The first-order chi connectivity index (χ1) is 12.5. The minimum Gasteiger partial charge on any atom is -0.417 e. The Morgan fingerprint density at radius 2 is 2.04 bits per heavy atom. The van der Waals surface area contributed by atoms with Crippen molar-refractivity contribution in [1.82, 2.24) is 20.0 Å². The largest absolute Gasteiger partial charge is 0.417 e. The van der Waals surface area contributed by atoms with Crippen LogP contribution >= 0.6 is 0 Å². The van der Waals surface area contributed by atoms with Crippen LogP contribution in [0.3, 0.4) is 0 Å². The number of aromatic nitrogens is 2. The molecule has 0 spiro atoms. The molecule has 1 saturated carbocycles. The lowest BCUT2D eigenvalue weighted by Crippen LogP contribution is -2.59. The molecule has 0 atom stereocenters. The Bertz CT molecular complexity index is 611. The number of alkyl halides is 2. The summed E-state index contributed by atoms with van der Waals surface area (Å²) in [6.45, 7) is 0.729. The third-order valence-electron chi connectivity index (χ3n) is 5.32. The van der Waals surface area contributed by atoms with Crippen molar-refractivity contribution in [3.05, 3.63) is 11.8 Å².